The van der Waals surface area contributed by atoms with Crippen LogP contribution in [0.25, 0.3) is 10.8 Å². The monoisotopic (exact) mass is 570 g/mol. The first-order chi connectivity index (χ1) is 19.5. The number of pyridine rings is 1. The van der Waals surface area contributed by atoms with Gasteiger partial charge in [-0.15, -0.1) is 0 Å². The molecule has 2 aliphatic rings. The first kappa shape index (κ1) is 30.4. The maximum absolute atomic E-state index is 13.6. The van der Waals surface area contributed by atoms with Crippen LogP contribution < -0.4 is 20.1 Å². The van der Waals surface area contributed by atoms with Crippen molar-refractivity contribution in [3.05, 3.63) is 30.5 Å². The summed E-state index contributed by atoms with van der Waals surface area (Å²) in [6.45, 7) is 9.75. The molecule has 1 saturated heterocycles. The SMILES string of the molecule is CCC[C@H](NC(=O)C1C[C@@H](Oc2nccc3cc(OCC)ccc23)CN1C(=O)OC(C)(C)C)C(O)C(=O)NC1CC1. The molecule has 4 rings (SSSR count). The van der Waals surface area contributed by atoms with Crippen LogP contribution in [0.5, 0.6) is 11.6 Å². The standard InChI is InChI=1S/C30H42N4O7/c1-6-8-23(25(35)27(37)32-19-9-10-19)33-26(36)24-16-21(17-34(24)29(38)41-30(3,4)5)40-28-22-12-11-20(39-7-2)15-18(22)13-14-31-28/h11-15,19,21,23-25,35H,6-10,16-17H2,1-5H3,(H,32,37)(H,33,36)/t21-,23+,24?,25?/m1/s1. The third-order valence-corrected chi connectivity index (χ3v) is 6.98. The molecule has 0 spiro atoms. The van der Waals surface area contributed by atoms with Crippen molar-refractivity contribution >= 4 is 28.7 Å². The number of ether oxygens (including phenoxy) is 3. The number of carbonyl (C=O) groups is 3. The fourth-order valence-electron chi connectivity index (χ4n) is 4.89. The Morgan fingerprint density at radius 2 is 1.93 bits per heavy atom. The minimum Gasteiger partial charge on any atom is -0.494 e. The van der Waals surface area contributed by atoms with Crippen molar-refractivity contribution in [1.82, 2.24) is 20.5 Å². The minimum atomic E-state index is -1.40. The van der Waals surface area contributed by atoms with Gasteiger partial charge in [-0.05, 0) is 76.6 Å². The molecule has 1 aliphatic heterocycles. The first-order valence-corrected chi connectivity index (χ1v) is 14.5. The second-order valence-corrected chi connectivity index (χ2v) is 11.7. The Morgan fingerprint density at radius 3 is 2.59 bits per heavy atom. The first-order valence-electron chi connectivity index (χ1n) is 14.5. The number of nitrogens with zero attached hydrogens (tertiary/aromatic N) is 2. The van der Waals surface area contributed by atoms with E-state index in [4.69, 9.17) is 14.2 Å². The van der Waals surface area contributed by atoms with Gasteiger partial charge in [0, 0.05) is 24.0 Å². The number of carbonyl (C=O) groups excluding carboxylic acids is 3. The maximum Gasteiger partial charge on any atom is 0.411 e. The Morgan fingerprint density at radius 1 is 1.17 bits per heavy atom. The molecule has 4 atom stereocenters. The zero-order valence-corrected chi connectivity index (χ0v) is 24.5. The molecule has 11 heteroatoms. The summed E-state index contributed by atoms with van der Waals surface area (Å²) in [7, 11) is 0. The van der Waals surface area contributed by atoms with E-state index in [-0.39, 0.29) is 19.0 Å². The van der Waals surface area contributed by atoms with Crippen molar-refractivity contribution in [2.75, 3.05) is 13.2 Å². The molecular weight excluding hydrogens is 528 g/mol. The normalized spacial score (nSPS) is 20.3. The van der Waals surface area contributed by atoms with Crippen LogP contribution >= 0.6 is 0 Å². The quantitative estimate of drug-likeness (QED) is 0.374. The highest BCUT2D eigenvalue weighted by Gasteiger charge is 2.44. The summed E-state index contributed by atoms with van der Waals surface area (Å²) < 4.78 is 17.5. The molecular formula is C30H42N4O7. The highest BCUT2D eigenvalue weighted by Crippen LogP contribution is 2.31. The molecule has 1 saturated carbocycles. The van der Waals surface area contributed by atoms with Gasteiger partial charge in [-0.3, -0.25) is 14.5 Å². The Kier molecular flexibility index (Phi) is 9.57. The summed E-state index contributed by atoms with van der Waals surface area (Å²) >= 11 is 0. The Labute approximate surface area is 240 Å². The zero-order valence-electron chi connectivity index (χ0n) is 24.5. The van der Waals surface area contributed by atoms with E-state index in [1.54, 1.807) is 27.0 Å². The van der Waals surface area contributed by atoms with E-state index in [9.17, 15) is 19.5 Å². The number of amides is 3. The lowest BCUT2D eigenvalue weighted by Crippen LogP contribution is -2.55. The van der Waals surface area contributed by atoms with E-state index in [0.717, 1.165) is 29.4 Å². The highest BCUT2D eigenvalue weighted by molar-refractivity contribution is 5.89. The summed E-state index contributed by atoms with van der Waals surface area (Å²) in [5.41, 5.74) is -0.769. The van der Waals surface area contributed by atoms with Crippen LogP contribution in [-0.2, 0) is 14.3 Å². The summed E-state index contributed by atoms with van der Waals surface area (Å²) in [5, 5.41) is 18.0. The Bertz CT molecular complexity index is 1240. The number of aromatic nitrogens is 1. The minimum absolute atomic E-state index is 0.0824. The highest BCUT2D eigenvalue weighted by atomic mass is 16.6. The largest absolute Gasteiger partial charge is 0.494 e. The van der Waals surface area contributed by atoms with Crippen molar-refractivity contribution in [2.24, 2.45) is 0 Å². The van der Waals surface area contributed by atoms with Crippen LogP contribution in [0.1, 0.15) is 66.7 Å². The zero-order chi connectivity index (χ0) is 29.7. The van der Waals surface area contributed by atoms with Gasteiger partial charge in [-0.2, -0.15) is 0 Å². The van der Waals surface area contributed by atoms with E-state index in [2.05, 4.69) is 15.6 Å². The van der Waals surface area contributed by atoms with E-state index in [1.807, 2.05) is 38.1 Å². The van der Waals surface area contributed by atoms with Gasteiger partial charge in [0.2, 0.25) is 11.8 Å². The molecule has 0 bridgehead atoms. The van der Waals surface area contributed by atoms with Gasteiger partial charge in [0.1, 0.15) is 23.5 Å². The number of likely N-dealkylation sites (tertiary alicyclic amines) is 1. The molecule has 2 heterocycles. The van der Waals surface area contributed by atoms with E-state index in [0.29, 0.717) is 25.3 Å². The maximum atomic E-state index is 13.6. The van der Waals surface area contributed by atoms with E-state index < -0.39 is 47.8 Å². The van der Waals surface area contributed by atoms with Gasteiger partial charge in [-0.1, -0.05) is 13.3 Å². The summed E-state index contributed by atoms with van der Waals surface area (Å²) in [6.07, 6.45) is 2.05. The average Bonchev–Trinajstić information content (AvgIpc) is 3.62. The lowest BCUT2D eigenvalue weighted by molar-refractivity contribution is -0.133. The summed E-state index contributed by atoms with van der Waals surface area (Å²) in [4.78, 5) is 45.1. The summed E-state index contributed by atoms with van der Waals surface area (Å²) in [6, 6.07) is 5.84. The number of hydrogen-bond acceptors (Lipinski definition) is 8. The second-order valence-electron chi connectivity index (χ2n) is 11.7. The topological polar surface area (TPSA) is 139 Å². The van der Waals surface area contributed by atoms with E-state index in [1.165, 1.54) is 4.90 Å². The number of aliphatic hydroxyl groups excluding tert-OH is 1. The molecule has 41 heavy (non-hydrogen) atoms. The Hall–Kier alpha value is -3.60. The molecule has 0 radical (unpaired) electrons. The molecule has 1 aromatic carbocycles. The molecule has 3 N–H and O–H groups in total. The van der Waals surface area contributed by atoms with Gasteiger partial charge in [0.25, 0.3) is 5.91 Å². The second kappa shape index (κ2) is 12.9. The van der Waals surface area contributed by atoms with Gasteiger partial charge in [0.15, 0.2) is 6.10 Å². The molecule has 3 amide bonds. The lowest BCUT2D eigenvalue weighted by atomic mass is 10.0. The van der Waals surface area contributed by atoms with Gasteiger partial charge < -0.3 is 30.0 Å². The number of nitrogens with one attached hydrogen (secondary N) is 2. The van der Waals surface area contributed by atoms with Crippen molar-refractivity contribution in [3.8, 4) is 11.6 Å². The average molecular weight is 571 g/mol. The molecule has 1 aromatic heterocycles. The van der Waals surface area contributed by atoms with Crippen LogP contribution in [0, 0.1) is 0 Å². The smallest absolute Gasteiger partial charge is 0.411 e. The number of fused-ring (bicyclic) bond motifs is 1. The van der Waals surface area contributed by atoms with Crippen LogP contribution in [0.4, 0.5) is 4.79 Å². The van der Waals surface area contributed by atoms with Crippen molar-refractivity contribution in [3.63, 3.8) is 0 Å². The number of aliphatic hydroxyl groups is 1. The molecule has 2 aromatic rings. The molecule has 2 fully saturated rings. The third-order valence-electron chi connectivity index (χ3n) is 6.98. The predicted octanol–water partition coefficient (Wildman–Crippen LogP) is 3.31. The lowest BCUT2D eigenvalue weighted by Gasteiger charge is -2.29. The van der Waals surface area contributed by atoms with Gasteiger partial charge >= 0.3 is 6.09 Å². The molecule has 1 aliphatic carbocycles. The number of benzene rings is 1. The van der Waals surface area contributed by atoms with Crippen LogP contribution in [0.15, 0.2) is 30.5 Å². The van der Waals surface area contributed by atoms with Crippen molar-refractivity contribution < 1.29 is 33.7 Å². The molecule has 224 valence electrons. The van der Waals surface area contributed by atoms with E-state index >= 15 is 0 Å². The van der Waals surface area contributed by atoms with Crippen LogP contribution in [0.3, 0.4) is 0 Å². The Balaban J connectivity index is 1.52. The fraction of sp³-hybridized carbons (Fsp3) is 0.600. The van der Waals surface area contributed by atoms with Gasteiger partial charge in [-0.25, -0.2) is 9.78 Å². The molecule has 2 unspecified atom stereocenters. The van der Waals surface area contributed by atoms with Crippen molar-refractivity contribution in [2.45, 2.75) is 103 Å². The molecule has 11 nitrogen and oxygen atoms in total. The van der Waals surface area contributed by atoms with Crippen molar-refractivity contribution in [1.29, 1.82) is 0 Å². The van der Waals surface area contributed by atoms with Gasteiger partial charge in [0.05, 0.1) is 19.2 Å². The third kappa shape index (κ3) is 8.00. The van der Waals surface area contributed by atoms with Crippen LogP contribution in [-0.4, -0.2) is 82.0 Å². The summed E-state index contributed by atoms with van der Waals surface area (Å²) in [5.74, 6) is 0.139. The predicted molar refractivity (Wildman–Crippen MR) is 153 cm³/mol. The number of rotatable bonds is 11. The fourth-order valence-corrected chi connectivity index (χ4v) is 4.89. The van der Waals surface area contributed by atoms with Crippen LogP contribution in [0.2, 0.25) is 0 Å². The number of hydrogen-bond donors (Lipinski definition) is 3.